The van der Waals surface area contributed by atoms with E-state index in [0.29, 0.717) is 13.0 Å². The summed E-state index contributed by atoms with van der Waals surface area (Å²) < 4.78 is 4.82. The fourth-order valence-electron chi connectivity index (χ4n) is 0.438. The summed E-state index contributed by atoms with van der Waals surface area (Å²) in [6.07, 6.45) is 0.302. The van der Waals surface area contributed by atoms with Crippen molar-refractivity contribution in [3.63, 3.8) is 0 Å². The van der Waals surface area contributed by atoms with Crippen LogP contribution in [0, 0.1) is 0 Å². The highest BCUT2D eigenvalue weighted by atomic mass is 16.5. The molecule has 4 heteroatoms. The van der Waals surface area contributed by atoms with Gasteiger partial charge in [-0.15, -0.1) is 0 Å². The first-order chi connectivity index (χ1) is 4.81. The standard InChI is InChI=1S/C6H13NO3/c1-7-6(9)2-4-10-5-3-8/h8H,2-5H2,1H3,(H,7,9)/p-1. The summed E-state index contributed by atoms with van der Waals surface area (Å²) in [7, 11) is 1.45. The maximum Gasteiger partial charge on any atom is 0.0697 e. The molecule has 0 unspecified atom stereocenters. The van der Waals surface area contributed by atoms with Crippen LogP contribution in [0.15, 0.2) is 4.99 Å². The SMILES string of the molecule is CN=C([O-])CCOCCO. The molecule has 4 nitrogen and oxygen atoms in total. The van der Waals surface area contributed by atoms with E-state index < -0.39 is 0 Å². The topological polar surface area (TPSA) is 64.9 Å². The number of rotatable bonds is 5. The maximum absolute atomic E-state index is 10.5. The molecule has 0 heterocycles. The van der Waals surface area contributed by atoms with E-state index in [4.69, 9.17) is 9.84 Å². The molecule has 0 aromatic heterocycles. The average molecular weight is 146 g/mol. The van der Waals surface area contributed by atoms with Crippen molar-refractivity contribution in [2.24, 2.45) is 4.99 Å². The minimum Gasteiger partial charge on any atom is -0.862 e. The van der Waals surface area contributed by atoms with E-state index in [-0.39, 0.29) is 19.1 Å². The van der Waals surface area contributed by atoms with Crippen LogP contribution in [0.1, 0.15) is 6.42 Å². The van der Waals surface area contributed by atoms with E-state index in [0.717, 1.165) is 0 Å². The van der Waals surface area contributed by atoms with Crippen LogP contribution in [0.2, 0.25) is 0 Å². The molecule has 0 aliphatic rings. The zero-order valence-corrected chi connectivity index (χ0v) is 6.04. The smallest absolute Gasteiger partial charge is 0.0697 e. The highest BCUT2D eigenvalue weighted by molar-refractivity contribution is 5.71. The summed E-state index contributed by atoms with van der Waals surface area (Å²) in [6, 6.07) is 0. The van der Waals surface area contributed by atoms with Gasteiger partial charge in [0.2, 0.25) is 0 Å². The lowest BCUT2D eigenvalue weighted by atomic mass is 10.4. The number of hydrogen-bond acceptors (Lipinski definition) is 4. The van der Waals surface area contributed by atoms with Crippen LogP contribution in [-0.4, -0.2) is 37.9 Å². The molecule has 0 atom stereocenters. The van der Waals surface area contributed by atoms with Crippen molar-refractivity contribution >= 4 is 5.90 Å². The van der Waals surface area contributed by atoms with E-state index in [9.17, 15) is 5.11 Å². The van der Waals surface area contributed by atoms with Crippen LogP contribution in [-0.2, 0) is 4.74 Å². The van der Waals surface area contributed by atoms with E-state index >= 15 is 0 Å². The monoisotopic (exact) mass is 146 g/mol. The van der Waals surface area contributed by atoms with Crippen molar-refractivity contribution in [1.82, 2.24) is 0 Å². The third-order valence-electron chi connectivity index (χ3n) is 0.945. The van der Waals surface area contributed by atoms with Gasteiger partial charge in [0.15, 0.2) is 0 Å². The molecule has 0 fully saturated rings. The number of nitrogens with zero attached hydrogens (tertiary/aromatic N) is 1. The summed E-state index contributed by atoms with van der Waals surface area (Å²) in [6.45, 7) is 0.630. The fraction of sp³-hybridized carbons (Fsp3) is 0.833. The van der Waals surface area contributed by atoms with Crippen molar-refractivity contribution in [2.75, 3.05) is 26.9 Å². The molecule has 0 saturated heterocycles. The Bertz CT molecular complexity index is 103. The van der Waals surface area contributed by atoms with Crippen LogP contribution in [0.5, 0.6) is 0 Å². The van der Waals surface area contributed by atoms with Gasteiger partial charge in [-0.05, 0) is 12.3 Å². The molecule has 0 spiro atoms. The molecule has 60 valence electrons. The molecule has 0 aliphatic carbocycles. The van der Waals surface area contributed by atoms with E-state index in [1.54, 1.807) is 0 Å². The number of aliphatic hydroxyl groups is 1. The molecule has 0 bridgehead atoms. The fourth-order valence-corrected chi connectivity index (χ4v) is 0.438. The lowest BCUT2D eigenvalue weighted by Gasteiger charge is -2.08. The molecule has 0 aromatic rings. The predicted octanol–water partition coefficient (Wildman–Crippen LogP) is -1.23. The van der Waals surface area contributed by atoms with Gasteiger partial charge in [-0.2, -0.15) is 0 Å². The van der Waals surface area contributed by atoms with Gasteiger partial charge in [-0.1, -0.05) is 0 Å². The minimum absolute atomic E-state index is 0.00252. The lowest BCUT2D eigenvalue weighted by molar-refractivity contribution is -0.219. The van der Waals surface area contributed by atoms with Crippen LogP contribution in [0.25, 0.3) is 0 Å². The zero-order valence-electron chi connectivity index (χ0n) is 6.04. The van der Waals surface area contributed by atoms with E-state index in [1.807, 2.05) is 0 Å². The minimum atomic E-state index is -0.169. The van der Waals surface area contributed by atoms with Crippen molar-refractivity contribution in [2.45, 2.75) is 6.42 Å². The Morgan fingerprint density at radius 2 is 2.30 bits per heavy atom. The first-order valence-electron chi connectivity index (χ1n) is 3.12. The van der Waals surface area contributed by atoms with Crippen molar-refractivity contribution in [3.8, 4) is 0 Å². The Morgan fingerprint density at radius 3 is 2.80 bits per heavy atom. The Labute approximate surface area is 60.2 Å². The predicted molar refractivity (Wildman–Crippen MR) is 35.9 cm³/mol. The highest BCUT2D eigenvalue weighted by Crippen LogP contribution is 1.81. The number of aliphatic imine (C=N–C) groups is 1. The maximum atomic E-state index is 10.5. The first-order valence-corrected chi connectivity index (χ1v) is 3.12. The van der Waals surface area contributed by atoms with Crippen molar-refractivity contribution < 1.29 is 14.9 Å². The van der Waals surface area contributed by atoms with Crippen LogP contribution < -0.4 is 5.11 Å². The largest absolute Gasteiger partial charge is 0.862 e. The zero-order chi connectivity index (χ0) is 7.82. The van der Waals surface area contributed by atoms with Crippen LogP contribution in [0.4, 0.5) is 0 Å². The van der Waals surface area contributed by atoms with Crippen molar-refractivity contribution in [1.29, 1.82) is 0 Å². The van der Waals surface area contributed by atoms with Gasteiger partial charge in [0.1, 0.15) is 0 Å². The molecule has 0 aliphatic heterocycles. The van der Waals surface area contributed by atoms with Gasteiger partial charge in [0.25, 0.3) is 0 Å². The van der Waals surface area contributed by atoms with Crippen LogP contribution in [0.3, 0.4) is 0 Å². The molecular weight excluding hydrogens is 134 g/mol. The van der Waals surface area contributed by atoms with Gasteiger partial charge in [0, 0.05) is 7.05 Å². The third kappa shape index (κ3) is 5.53. The van der Waals surface area contributed by atoms with Gasteiger partial charge in [-0.25, -0.2) is 0 Å². The quantitative estimate of drug-likeness (QED) is 0.300. The Hall–Kier alpha value is -0.610. The molecule has 0 aromatic carbocycles. The highest BCUT2D eigenvalue weighted by Gasteiger charge is 1.85. The molecule has 0 amide bonds. The Balaban J connectivity index is 3.04. The summed E-state index contributed by atoms with van der Waals surface area (Å²) in [5, 5.41) is 18.7. The summed E-state index contributed by atoms with van der Waals surface area (Å²) in [4.78, 5) is 3.40. The van der Waals surface area contributed by atoms with Gasteiger partial charge in [-0.3, -0.25) is 0 Å². The van der Waals surface area contributed by atoms with Crippen molar-refractivity contribution in [3.05, 3.63) is 0 Å². The summed E-state index contributed by atoms with van der Waals surface area (Å²) >= 11 is 0. The molecule has 0 radical (unpaired) electrons. The molecular formula is C6H12NO3-. The van der Waals surface area contributed by atoms with E-state index in [2.05, 4.69) is 4.99 Å². The Kier molecular flexibility index (Phi) is 6.11. The summed E-state index contributed by atoms with van der Waals surface area (Å²) in [5.74, 6) is -0.169. The molecule has 10 heavy (non-hydrogen) atoms. The van der Waals surface area contributed by atoms with Gasteiger partial charge < -0.3 is 19.9 Å². The second kappa shape index (κ2) is 6.51. The normalized spacial score (nSPS) is 12.0. The average Bonchev–Trinajstić information content (AvgIpc) is 1.98. The van der Waals surface area contributed by atoms with E-state index in [1.165, 1.54) is 7.05 Å². The van der Waals surface area contributed by atoms with Gasteiger partial charge >= 0.3 is 0 Å². The third-order valence-corrected chi connectivity index (χ3v) is 0.945. The number of hydrogen-bond donors (Lipinski definition) is 1. The Morgan fingerprint density at radius 1 is 1.60 bits per heavy atom. The number of ether oxygens (including phenoxy) is 1. The second-order valence-electron chi connectivity index (χ2n) is 1.70. The lowest BCUT2D eigenvalue weighted by Crippen LogP contribution is -2.19. The molecule has 1 N–H and O–H groups in total. The number of aliphatic hydroxyl groups excluding tert-OH is 1. The van der Waals surface area contributed by atoms with Crippen LogP contribution >= 0.6 is 0 Å². The molecule has 0 rings (SSSR count). The van der Waals surface area contributed by atoms with Gasteiger partial charge in [0.05, 0.1) is 19.8 Å². The molecule has 0 saturated carbocycles. The second-order valence-corrected chi connectivity index (χ2v) is 1.70. The summed E-state index contributed by atoms with van der Waals surface area (Å²) in [5.41, 5.74) is 0. The first kappa shape index (κ1) is 9.39.